The number of amides is 1. The lowest BCUT2D eigenvalue weighted by Gasteiger charge is -2.25. The fraction of sp³-hybridized carbons (Fsp3) is 0.684. The lowest BCUT2D eigenvalue weighted by Crippen LogP contribution is -2.38. The summed E-state index contributed by atoms with van der Waals surface area (Å²) in [5, 5.41) is 19.0. The van der Waals surface area contributed by atoms with E-state index in [2.05, 4.69) is 6.92 Å². The monoisotopic (exact) mass is 383 g/mol. The maximum atomic E-state index is 12.1. The average molecular weight is 384 g/mol. The van der Waals surface area contributed by atoms with E-state index < -0.39 is 5.97 Å². The topological polar surface area (TPSA) is 87.1 Å². The van der Waals surface area contributed by atoms with Crippen molar-refractivity contribution >= 4 is 23.2 Å². The Bertz CT molecular complexity index is 588. The molecule has 2 heterocycles. The van der Waals surface area contributed by atoms with E-state index in [0.717, 1.165) is 37.0 Å². The Hall–Kier alpha value is -1.44. The summed E-state index contributed by atoms with van der Waals surface area (Å²) in [6.07, 6.45) is 5.64. The highest BCUT2D eigenvalue weighted by molar-refractivity contribution is 7.13. The van der Waals surface area contributed by atoms with Gasteiger partial charge >= 0.3 is 5.97 Å². The van der Waals surface area contributed by atoms with Crippen LogP contribution in [0.25, 0.3) is 0 Å². The molecule has 0 aliphatic carbocycles. The molecular weight excluding hydrogens is 354 g/mol. The summed E-state index contributed by atoms with van der Waals surface area (Å²) in [5.41, 5.74) is 0. The van der Waals surface area contributed by atoms with Crippen molar-refractivity contribution in [3.63, 3.8) is 0 Å². The van der Waals surface area contributed by atoms with Gasteiger partial charge in [-0.25, -0.2) is 4.79 Å². The highest BCUT2D eigenvalue weighted by atomic mass is 32.1. The predicted octanol–water partition coefficient (Wildman–Crippen LogP) is 3.29. The first-order valence-electron chi connectivity index (χ1n) is 9.38. The van der Waals surface area contributed by atoms with E-state index >= 15 is 0 Å². The first-order valence-corrected chi connectivity index (χ1v) is 10.2. The Morgan fingerprint density at radius 2 is 2.19 bits per heavy atom. The first kappa shape index (κ1) is 20.9. The van der Waals surface area contributed by atoms with Gasteiger partial charge in [-0.2, -0.15) is 0 Å². The molecule has 0 radical (unpaired) electrons. The van der Waals surface area contributed by atoms with Crippen molar-refractivity contribution in [2.24, 2.45) is 0 Å². The number of thiophene rings is 1. The molecule has 1 saturated heterocycles. The van der Waals surface area contributed by atoms with Crippen molar-refractivity contribution in [3.05, 3.63) is 21.9 Å². The maximum Gasteiger partial charge on any atom is 0.345 e. The van der Waals surface area contributed by atoms with Crippen LogP contribution in [0.2, 0.25) is 0 Å². The van der Waals surface area contributed by atoms with E-state index in [4.69, 9.17) is 9.84 Å². The lowest BCUT2D eigenvalue weighted by atomic mass is 10.1. The van der Waals surface area contributed by atoms with E-state index in [9.17, 15) is 14.7 Å². The van der Waals surface area contributed by atoms with Crippen molar-refractivity contribution in [3.8, 4) is 0 Å². The van der Waals surface area contributed by atoms with Crippen LogP contribution < -0.4 is 0 Å². The van der Waals surface area contributed by atoms with Crippen molar-refractivity contribution in [2.45, 2.75) is 70.6 Å². The summed E-state index contributed by atoms with van der Waals surface area (Å²) in [5.74, 6) is -0.796. The van der Waals surface area contributed by atoms with Gasteiger partial charge in [-0.3, -0.25) is 4.79 Å². The molecule has 0 unspecified atom stereocenters. The van der Waals surface area contributed by atoms with Gasteiger partial charge in [-0.05, 0) is 31.4 Å². The molecule has 1 aliphatic heterocycles. The Balaban J connectivity index is 1.73. The largest absolute Gasteiger partial charge is 0.477 e. The molecule has 26 heavy (non-hydrogen) atoms. The molecule has 2 rings (SSSR count). The van der Waals surface area contributed by atoms with Crippen LogP contribution in [0.1, 0.15) is 66.4 Å². The first-order chi connectivity index (χ1) is 12.5. The van der Waals surface area contributed by atoms with Crippen LogP contribution in [0.15, 0.2) is 12.1 Å². The maximum absolute atomic E-state index is 12.1. The fourth-order valence-electron chi connectivity index (χ4n) is 3.20. The minimum atomic E-state index is -0.925. The van der Waals surface area contributed by atoms with Gasteiger partial charge in [0.1, 0.15) is 4.88 Å². The minimum Gasteiger partial charge on any atom is -0.477 e. The van der Waals surface area contributed by atoms with Gasteiger partial charge in [-0.15, -0.1) is 11.3 Å². The number of carbonyl (C=O) groups excluding carboxylic acids is 1. The third-order valence-electron chi connectivity index (χ3n) is 4.72. The smallest absolute Gasteiger partial charge is 0.345 e. The highest BCUT2D eigenvalue weighted by Gasteiger charge is 2.31. The highest BCUT2D eigenvalue weighted by Crippen LogP contribution is 2.22. The normalized spacial score (nSPS) is 18.5. The lowest BCUT2D eigenvalue weighted by molar-refractivity contribution is -0.130. The molecular formula is C19H29NO5S. The third kappa shape index (κ3) is 6.37. The molecule has 0 saturated carbocycles. The van der Waals surface area contributed by atoms with Gasteiger partial charge < -0.3 is 19.8 Å². The molecule has 0 aromatic carbocycles. The van der Waals surface area contributed by atoms with Gasteiger partial charge in [0.2, 0.25) is 5.91 Å². The van der Waals surface area contributed by atoms with Crippen LogP contribution in [0.3, 0.4) is 0 Å². The summed E-state index contributed by atoms with van der Waals surface area (Å²) < 4.78 is 5.72. The number of hydrogen-bond donors (Lipinski definition) is 2. The number of aromatic carboxylic acids is 1. The number of carbonyl (C=O) groups is 2. The molecule has 1 aliphatic rings. The van der Waals surface area contributed by atoms with Crippen LogP contribution in [-0.2, 0) is 16.1 Å². The molecule has 0 bridgehead atoms. The van der Waals surface area contributed by atoms with E-state index in [1.54, 1.807) is 12.1 Å². The zero-order valence-electron chi connectivity index (χ0n) is 15.4. The van der Waals surface area contributed by atoms with Gasteiger partial charge in [0.15, 0.2) is 0 Å². The van der Waals surface area contributed by atoms with Gasteiger partial charge in [0.25, 0.3) is 0 Å². The zero-order valence-corrected chi connectivity index (χ0v) is 16.2. The van der Waals surface area contributed by atoms with Crippen molar-refractivity contribution in [1.82, 2.24) is 4.90 Å². The number of aliphatic hydroxyl groups is 1. The van der Waals surface area contributed by atoms with E-state index in [0.29, 0.717) is 37.5 Å². The van der Waals surface area contributed by atoms with E-state index in [1.807, 2.05) is 4.90 Å². The summed E-state index contributed by atoms with van der Waals surface area (Å²) in [4.78, 5) is 26.0. The Morgan fingerprint density at radius 3 is 2.88 bits per heavy atom. The number of ether oxygens (including phenoxy) is 1. The van der Waals surface area contributed by atoms with Crippen LogP contribution in [0, 0.1) is 0 Å². The second-order valence-electron chi connectivity index (χ2n) is 6.80. The molecule has 1 fully saturated rings. The summed E-state index contributed by atoms with van der Waals surface area (Å²) in [6.45, 7) is 3.51. The molecule has 2 atom stereocenters. The van der Waals surface area contributed by atoms with Crippen molar-refractivity contribution in [1.29, 1.82) is 0 Å². The molecule has 146 valence electrons. The predicted molar refractivity (Wildman–Crippen MR) is 100 cm³/mol. The number of aliphatic hydroxyl groups excluding tert-OH is 1. The van der Waals surface area contributed by atoms with Gasteiger partial charge in [-0.1, -0.05) is 26.2 Å². The number of rotatable bonds is 12. The molecule has 1 aromatic rings. The summed E-state index contributed by atoms with van der Waals surface area (Å²) in [6, 6.07) is 3.39. The standard InChI is InChI=1S/C19H29NO5S/c1-2-3-4-5-15(21)10-11-20-14(6-9-18(20)22)12-25-13-16-7-8-17(26-16)19(23)24/h7-8,14-15,21H,2-6,9-13H2,1H3,(H,23,24)/t14-,15+/m1/s1. The van der Waals surface area contributed by atoms with Crippen LogP contribution in [-0.4, -0.2) is 52.3 Å². The number of hydrogen-bond acceptors (Lipinski definition) is 5. The Labute approximate surface area is 158 Å². The molecule has 0 spiro atoms. The Kier molecular flexibility index (Phi) is 8.54. The number of nitrogens with zero attached hydrogens (tertiary/aromatic N) is 1. The van der Waals surface area contributed by atoms with Crippen LogP contribution in [0.4, 0.5) is 0 Å². The third-order valence-corrected chi connectivity index (χ3v) is 5.77. The fourth-order valence-corrected chi connectivity index (χ4v) is 3.99. The van der Waals surface area contributed by atoms with E-state index in [-0.39, 0.29) is 18.1 Å². The second kappa shape index (κ2) is 10.6. The number of carboxylic acid groups (broad SMARTS) is 1. The minimum absolute atomic E-state index is 0.0456. The van der Waals surface area contributed by atoms with E-state index in [1.165, 1.54) is 11.3 Å². The molecule has 1 amide bonds. The SMILES string of the molecule is CCCCC[C@H](O)CCN1C(=O)CC[C@@H]1COCc1ccc(C(=O)O)s1. The second-order valence-corrected chi connectivity index (χ2v) is 7.97. The Morgan fingerprint density at radius 1 is 1.38 bits per heavy atom. The summed E-state index contributed by atoms with van der Waals surface area (Å²) in [7, 11) is 0. The zero-order chi connectivity index (χ0) is 18.9. The number of likely N-dealkylation sites (tertiary alicyclic amines) is 1. The van der Waals surface area contributed by atoms with Gasteiger partial charge in [0, 0.05) is 17.8 Å². The molecule has 1 aromatic heterocycles. The molecule has 2 N–H and O–H groups in total. The van der Waals surface area contributed by atoms with Crippen molar-refractivity contribution < 1.29 is 24.5 Å². The molecule has 6 nitrogen and oxygen atoms in total. The molecule has 7 heteroatoms. The van der Waals surface area contributed by atoms with Crippen LogP contribution in [0.5, 0.6) is 0 Å². The quantitative estimate of drug-likeness (QED) is 0.541. The van der Waals surface area contributed by atoms with Gasteiger partial charge in [0.05, 0.1) is 25.4 Å². The number of unbranched alkanes of at least 4 members (excludes halogenated alkanes) is 2. The van der Waals surface area contributed by atoms with Crippen LogP contribution >= 0.6 is 11.3 Å². The number of carboxylic acids is 1. The average Bonchev–Trinajstić information content (AvgIpc) is 3.21. The summed E-state index contributed by atoms with van der Waals surface area (Å²) >= 11 is 1.21. The van der Waals surface area contributed by atoms with Crippen molar-refractivity contribution in [2.75, 3.05) is 13.2 Å².